The van der Waals surface area contributed by atoms with Crippen LogP contribution in [0.3, 0.4) is 0 Å². The monoisotopic (exact) mass is 368 g/mol. The molecule has 1 heterocycles. The summed E-state index contributed by atoms with van der Waals surface area (Å²) in [6.07, 6.45) is -0.335. The van der Waals surface area contributed by atoms with Crippen molar-refractivity contribution in [3.05, 3.63) is 59.7 Å². The first-order valence-corrected chi connectivity index (χ1v) is 8.73. The molecule has 0 saturated carbocycles. The van der Waals surface area contributed by atoms with E-state index in [0.29, 0.717) is 0 Å². The molecule has 0 amide bonds. The van der Waals surface area contributed by atoms with Gasteiger partial charge in [-0.2, -0.15) is 0 Å². The predicted octanol–water partition coefficient (Wildman–Crippen LogP) is 5.33. The Morgan fingerprint density at radius 3 is 1.39 bits per heavy atom. The van der Waals surface area contributed by atoms with E-state index in [9.17, 15) is 0 Å². The lowest BCUT2D eigenvalue weighted by molar-refractivity contribution is 0.681. The van der Waals surface area contributed by atoms with Crippen LogP contribution in [0.5, 0.6) is 0 Å². The maximum absolute atomic E-state index is 6.34. The van der Waals surface area contributed by atoms with Gasteiger partial charge in [-0.05, 0) is 38.1 Å². The molecule has 2 nitrogen and oxygen atoms in total. The van der Waals surface area contributed by atoms with Crippen molar-refractivity contribution in [1.82, 2.24) is 0 Å². The summed E-state index contributed by atoms with van der Waals surface area (Å²) in [5.41, 5.74) is 4.57. The van der Waals surface area contributed by atoms with E-state index in [2.05, 4.69) is 72.2 Å². The van der Waals surface area contributed by atoms with Gasteiger partial charge < -0.3 is 9.80 Å². The van der Waals surface area contributed by atoms with E-state index in [4.69, 9.17) is 34.8 Å². The number of alkyl halides is 3. The predicted molar refractivity (Wildman–Crippen MR) is 101 cm³/mol. The van der Waals surface area contributed by atoms with Crippen LogP contribution >= 0.6 is 34.8 Å². The van der Waals surface area contributed by atoms with Gasteiger partial charge in [-0.25, -0.2) is 0 Å². The summed E-state index contributed by atoms with van der Waals surface area (Å²) in [6, 6.07) is 16.7. The Morgan fingerprint density at radius 1 is 0.739 bits per heavy atom. The first kappa shape index (κ1) is 16.8. The molecule has 2 aromatic carbocycles. The SMILES string of the molecule is Cc1ccc(N2CCN(c3ccc(C)cc3)C2C(Cl)(Cl)Cl)cc1. The molecular weight excluding hydrogens is 351 g/mol. The van der Waals surface area contributed by atoms with E-state index in [-0.39, 0.29) is 6.17 Å². The minimum Gasteiger partial charge on any atom is -0.346 e. The molecule has 23 heavy (non-hydrogen) atoms. The van der Waals surface area contributed by atoms with Crippen molar-refractivity contribution < 1.29 is 0 Å². The third kappa shape index (κ3) is 3.55. The number of rotatable bonds is 2. The minimum absolute atomic E-state index is 0.335. The summed E-state index contributed by atoms with van der Waals surface area (Å²) >= 11 is 19.0. The van der Waals surface area contributed by atoms with Crippen molar-refractivity contribution >= 4 is 46.2 Å². The average Bonchev–Trinajstić information content (AvgIpc) is 2.94. The molecule has 1 aliphatic rings. The highest BCUT2D eigenvalue weighted by molar-refractivity contribution is 6.68. The van der Waals surface area contributed by atoms with Gasteiger partial charge in [-0.1, -0.05) is 70.2 Å². The lowest BCUT2D eigenvalue weighted by Gasteiger charge is -2.37. The van der Waals surface area contributed by atoms with E-state index in [1.165, 1.54) is 11.1 Å². The second-order valence-corrected chi connectivity index (χ2v) is 8.34. The number of benzene rings is 2. The number of halogens is 3. The van der Waals surface area contributed by atoms with Crippen molar-refractivity contribution in [3.63, 3.8) is 0 Å². The van der Waals surface area contributed by atoms with Crippen LogP contribution in [0.4, 0.5) is 11.4 Å². The second-order valence-electron chi connectivity index (χ2n) is 5.97. The number of aryl methyl sites for hydroxylation is 2. The van der Waals surface area contributed by atoms with Crippen molar-refractivity contribution in [3.8, 4) is 0 Å². The molecule has 122 valence electrons. The third-order valence-electron chi connectivity index (χ3n) is 4.20. The molecule has 0 aliphatic carbocycles. The molecule has 5 heteroatoms. The fourth-order valence-corrected chi connectivity index (χ4v) is 3.70. The van der Waals surface area contributed by atoms with Gasteiger partial charge in [0.15, 0.2) is 6.17 Å². The Kier molecular flexibility index (Phi) is 4.68. The highest BCUT2D eigenvalue weighted by atomic mass is 35.6. The molecule has 0 bridgehead atoms. The molecule has 0 radical (unpaired) electrons. The van der Waals surface area contributed by atoms with Crippen LogP contribution in [-0.4, -0.2) is 23.0 Å². The summed E-state index contributed by atoms with van der Waals surface area (Å²) in [6.45, 7) is 5.77. The number of anilines is 2. The molecule has 1 fully saturated rings. The summed E-state index contributed by atoms with van der Waals surface area (Å²) in [7, 11) is 0. The Bertz CT molecular complexity index is 609. The zero-order chi connectivity index (χ0) is 16.6. The fraction of sp³-hybridized carbons (Fsp3) is 0.333. The molecule has 0 atom stereocenters. The van der Waals surface area contributed by atoms with E-state index >= 15 is 0 Å². The van der Waals surface area contributed by atoms with Gasteiger partial charge >= 0.3 is 0 Å². The van der Waals surface area contributed by atoms with Crippen LogP contribution in [-0.2, 0) is 0 Å². The number of hydrogen-bond acceptors (Lipinski definition) is 2. The van der Waals surface area contributed by atoms with Crippen LogP contribution in [0.25, 0.3) is 0 Å². The highest BCUT2D eigenvalue weighted by Gasteiger charge is 2.45. The van der Waals surface area contributed by atoms with E-state index in [1.54, 1.807) is 0 Å². The maximum Gasteiger partial charge on any atom is 0.228 e. The smallest absolute Gasteiger partial charge is 0.228 e. The Morgan fingerprint density at radius 2 is 1.09 bits per heavy atom. The van der Waals surface area contributed by atoms with Crippen LogP contribution < -0.4 is 9.80 Å². The summed E-state index contributed by atoms with van der Waals surface area (Å²) in [5.74, 6) is 0. The quantitative estimate of drug-likeness (QED) is 0.660. The zero-order valence-corrected chi connectivity index (χ0v) is 15.4. The maximum atomic E-state index is 6.34. The second kappa shape index (κ2) is 6.43. The Labute approximate surface area is 152 Å². The number of hydrogen-bond donors (Lipinski definition) is 0. The van der Waals surface area contributed by atoms with Crippen molar-refractivity contribution in [2.75, 3.05) is 22.9 Å². The van der Waals surface area contributed by atoms with Gasteiger partial charge in [0, 0.05) is 24.5 Å². The van der Waals surface area contributed by atoms with E-state index in [0.717, 1.165) is 24.5 Å². The van der Waals surface area contributed by atoms with Gasteiger partial charge in [0.2, 0.25) is 3.79 Å². The highest BCUT2D eigenvalue weighted by Crippen LogP contribution is 2.41. The van der Waals surface area contributed by atoms with Gasteiger partial charge in [0.1, 0.15) is 0 Å². The normalized spacial score (nSPS) is 16.2. The molecular formula is C18H19Cl3N2. The first-order chi connectivity index (χ1) is 10.9. The molecule has 0 spiro atoms. The van der Waals surface area contributed by atoms with E-state index in [1.807, 2.05) is 0 Å². The van der Waals surface area contributed by atoms with E-state index < -0.39 is 3.79 Å². The molecule has 1 aliphatic heterocycles. The topological polar surface area (TPSA) is 6.48 Å². The van der Waals surface area contributed by atoms with Crippen LogP contribution in [0, 0.1) is 13.8 Å². The lowest BCUT2D eigenvalue weighted by Crippen LogP contribution is -2.48. The minimum atomic E-state index is -1.41. The Balaban J connectivity index is 1.96. The third-order valence-corrected chi connectivity index (χ3v) is 4.78. The largest absolute Gasteiger partial charge is 0.346 e. The van der Waals surface area contributed by atoms with Crippen molar-refractivity contribution in [2.45, 2.75) is 23.8 Å². The molecule has 0 aromatic heterocycles. The summed E-state index contributed by atoms with van der Waals surface area (Å²) in [5, 5.41) is 0. The van der Waals surface area contributed by atoms with Gasteiger partial charge in [0.05, 0.1) is 0 Å². The van der Waals surface area contributed by atoms with Crippen LogP contribution in [0.2, 0.25) is 0 Å². The van der Waals surface area contributed by atoms with Gasteiger partial charge in [-0.3, -0.25) is 0 Å². The average molecular weight is 370 g/mol. The Hall–Kier alpha value is -1.09. The van der Waals surface area contributed by atoms with Crippen LogP contribution in [0.1, 0.15) is 11.1 Å². The zero-order valence-electron chi connectivity index (χ0n) is 13.1. The van der Waals surface area contributed by atoms with Crippen LogP contribution in [0.15, 0.2) is 48.5 Å². The van der Waals surface area contributed by atoms with Crippen molar-refractivity contribution in [2.24, 2.45) is 0 Å². The summed E-state index contributed by atoms with van der Waals surface area (Å²) < 4.78 is -1.41. The standard InChI is InChI=1S/C18H19Cl3N2/c1-13-3-7-15(8-4-13)22-11-12-23(17(22)18(19,20)21)16-9-5-14(2)6-10-16/h3-10,17H,11-12H2,1-2H3. The first-order valence-electron chi connectivity index (χ1n) is 7.59. The van der Waals surface area contributed by atoms with Crippen molar-refractivity contribution in [1.29, 1.82) is 0 Å². The fourth-order valence-electron chi connectivity index (χ4n) is 2.99. The molecule has 0 unspecified atom stereocenters. The molecule has 2 aromatic rings. The lowest BCUT2D eigenvalue weighted by atomic mass is 10.2. The summed E-state index contributed by atoms with van der Waals surface area (Å²) in [4.78, 5) is 4.32. The molecule has 3 rings (SSSR count). The molecule has 1 saturated heterocycles. The van der Waals surface area contributed by atoms with Gasteiger partial charge in [-0.15, -0.1) is 0 Å². The van der Waals surface area contributed by atoms with Gasteiger partial charge in [0.25, 0.3) is 0 Å². The number of nitrogens with zero attached hydrogens (tertiary/aromatic N) is 2. The molecule has 0 N–H and O–H groups in total.